The van der Waals surface area contributed by atoms with Crippen LogP contribution >= 0.6 is 11.6 Å². The van der Waals surface area contributed by atoms with Gasteiger partial charge < -0.3 is 20.2 Å². The van der Waals surface area contributed by atoms with Crippen LogP contribution < -0.4 is 5.32 Å². The normalized spacial score (nSPS) is 12.6. The van der Waals surface area contributed by atoms with Crippen LogP contribution in [-0.2, 0) is 15.5 Å². The maximum atomic E-state index is 13.7. The molecule has 0 fully saturated rings. The van der Waals surface area contributed by atoms with Gasteiger partial charge in [-0.3, -0.25) is 14.4 Å². The van der Waals surface area contributed by atoms with E-state index >= 15 is 0 Å². The van der Waals surface area contributed by atoms with Crippen LogP contribution in [0.25, 0.3) is 0 Å². The molecule has 258 valence electrons. The number of aromatic hydroxyl groups is 1. The summed E-state index contributed by atoms with van der Waals surface area (Å²) in [5.74, 6) is -3.93. The van der Waals surface area contributed by atoms with Crippen molar-refractivity contribution in [1.82, 2.24) is 19.8 Å². The molecule has 1 heterocycles. The fourth-order valence-corrected chi connectivity index (χ4v) is 5.38. The number of ketones is 2. The molecule has 12 heteroatoms. The van der Waals surface area contributed by atoms with Gasteiger partial charge in [-0.05, 0) is 57.6 Å². The molecule has 0 aliphatic carbocycles. The molecular formula is C35H48ClF2N5O4. The van der Waals surface area contributed by atoms with E-state index in [-0.39, 0.29) is 64.6 Å². The molecule has 0 spiro atoms. The lowest BCUT2D eigenvalue weighted by Crippen LogP contribution is -2.37. The smallest absolute Gasteiger partial charge is 0.270 e. The van der Waals surface area contributed by atoms with Crippen LogP contribution in [0.4, 0.5) is 14.5 Å². The lowest BCUT2D eigenvalue weighted by Gasteiger charge is -2.34. The molecule has 0 aliphatic heterocycles. The standard InChI is InChI=1S/C35H48ClF2N5O4/c1-9-17-42(18-16-23(6)12-15-30(45)32-34(47)24(7)39-21-40-32)33(29(44)11-3)28(10-2)43(22(4)5)20-31(46)41-27-14-13-25(19-26(27)36)35(8,37)38/h13-14,19,21,23,47H,4,9-12,15-18,20H2,1-3,5-8H3,(H,41,46)/b33-28+. The van der Waals surface area contributed by atoms with Gasteiger partial charge in [0.1, 0.15) is 18.6 Å². The number of Topliss-reactive ketones (excluding diaryl/α,β-unsaturated/α-hetero) is 2. The number of benzene rings is 1. The Morgan fingerprint density at radius 2 is 1.79 bits per heavy atom. The Bertz CT molecular complexity index is 1470. The van der Waals surface area contributed by atoms with E-state index in [1.54, 1.807) is 25.7 Å². The number of alkyl halides is 2. The number of halogens is 3. The van der Waals surface area contributed by atoms with Gasteiger partial charge in [0.2, 0.25) is 5.91 Å². The Morgan fingerprint density at radius 1 is 1.11 bits per heavy atom. The second-order valence-electron chi connectivity index (χ2n) is 11.9. The number of aromatic nitrogens is 2. The third kappa shape index (κ3) is 11.1. The Kier molecular flexibility index (Phi) is 15.0. The average molecular weight is 676 g/mol. The van der Waals surface area contributed by atoms with Gasteiger partial charge in [-0.25, -0.2) is 18.7 Å². The summed E-state index contributed by atoms with van der Waals surface area (Å²) in [6.45, 7) is 17.0. The van der Waals surface area contributed by atoms with Crippen LogP contribution in [-0.4, -0.2) is 62.0 Å². The van der Waals surface area contributed by atoms with Crippen molar-refractivity contribution in [2.75, 3.05) is 25.0 Å². The van der Waals surface area contributed by atoms with Crippen molar-refractivity contribution in [2.24, 2.45) is 5.92 Å². The van der Waals surface area contributed by atoms with Crippen molar-refractivity contribution in [2.45, 2.75) is 92.9 Å². The lowest BCUT2D eigenvalue weighted by molar-refractivity contribution is -0.118. The zero-order valence-corrected chi connectivity index (χ0v) is 29.3. The molecule has 2 aromatic rings. The molecule has 2 N–H and O–H groups in total. The van der Waals surface area contributed by atoms with Crippen LogP contribution in [0.3, 0.4) is 0 Å². The molecule has 9 nitrogen and oxygen atoms in total. The number of hydrogen-bond donors (Lipinski definition) is 2. The highest BCUT2D eigenvalue weighted by Gasteiger charge is 2.27. The predicted molar refractivity (Wildman–Crippen MR) is 181 cm³/mol. The van der Waals surface area contributed by atoms with Crippen molar-refractivity contribution in [3.8, 4) is 5.75 Å². The number of aryl methyl sites for hydroxylation is 1. The minimum absolute atomic E-state index is 0.0127. The molecule has 1 aromatic carbocycles. The third-order valence-electron chi connectivity index (χ3n) is 7.87. The van der Waals surface area contributed by atoms with Crippen molar-refractivity contribution in [1.29, 1.82) is 0 Å². The SMILES string of the molecule is C=C(C)N(CC(=O)Nc1ccc(C(C)(F)F)cc1Cl)/C(CC)=C(\C(=O)CC)N(CCC)CCC(C)CCC(=O)c1ncnc(C)c1O. The molecule has 0 aliphatic rings. The van der Waals surface area contributed by atoms with Crippen molar-refractivity contribution in [3.05, 3.63) is 70.2 Å². The molecule has 0 saturated heterocycles. The Hall–Kier alpha value is -3.86. The Balaban J connectivity index is 2.29. The topological polar surface area (TPSA) is 116 Å². The molecule has 47 heavy (non-hydrogen) atoms. The van der Waals surface area contributed by atoms with Crippen molar-refractivity contribution < 1.29 is 28.3 Å². The van der Waals surface area contributed by atoms with E-state index < -0.39 is 11.8 Å². The second-order valence-corrected chi connectivity index (χ2v) is 12.3. The van der Waals surface area contributed by atoms with E-state index in [2.05, 4.69) is 26.8 Å². The van der Waals surface area contributed by atoms with Crippen LogP contribution in [0.1, 0.15) is 102 Å². The first-order valence-electron chi connectivity index (χ1n) is 16.0. The van der Waals surface area contributed by atoms with E-state index in [1.807, 2.05) is 20.8 Å². The Morgan fingerprint density at radius 3 is 2.34 bits per heavy atom. The number of carbonyl (C=O) groups excluding carboxylic acids is 3. The minimum atomic E-state index is -3.08. The minimum Gasteiger partial charge on any atom is -0.504 e. The lowest BCUT2D eigenvalue weighted by atomic mass is 9.98. The quantitative estimate of drug-likeness (QED) is 0.114. The monoisotopic (exact) mass is 675 g/mol. The summed E-state index contributed by atoms with van der Waals surface area (Å²) in [6, 6.07) is 3.69. The average Bonchev–Trinajstić information content (AvgIpc) is 3.01. The summed E-state index contributed by atoms with van der Waals surface area (Å²) in [6.07, 6.45) is 4.20. The third-order valence-corrected chi connectivity index (χ3v) is 8.18. The molecule has 0 saturated carbocycles. The number of anilines is 1. The van der Waals surface area contributed by atoms with Gasteiger partial charge in [-0.15, -0.1) is 0 Å². The maximum Gasteiger partial charge on any atom is 0.270 e. The molecule has 1 aromatic heterocycles. The molecule has 0 radical (unpaired) electrons. The first-order chi connectivity index (χ1) is 22.0. The summed E-state index contributed by atoms with van der Waals surface area (Å²) in [7, 11) is 0. The maximum absolute atomic E-state index is 13.7. The number of nitrogens with zero attached hydrogens (tertiary/aromatic N) is 4. The van der Waals surface area contributed by atoms with E-state index in [9.17, 15) is 28.3 Å². The van der Waals surface area contributed by atoms with Gasteiger partial charge >= 0.3 is 0 Å². The first kappa shape index (κ1) is 39.3. The fourth-order valence-electron chi connectivity index (χ4n) is 5.15. The van der Waals surface area contributed by atoms with Gasteiger partial charge in [0.05, 0.1) is 16.4 Å². The number of nitrogens with one attached hydrogen (secondary N) is 1. The summed E-state index contributed by atoms with van der Waals surface area (Å²) < 4.78 is 27.5. The van der Waals surface area contributed by atoms with Crippen LogP contribution in [0, 0.1) is 12.8 Å². The number of carbonyl (C=O) groups is 3. The molecule has 1 atom stereocenters. The highest BCUT2D eigenvalue weighted by molar-refractivity contribution is 6.33. The van der Waals surface area contributed by atoms with Gasteiger partial charge in [0.15, 0.2) is 23.0 Å². The van der Waals surface area contributed by atoms with Crippen LogP contribution in [0.2, 0.25) is 5.02 Å². The first-order valence-corrected chi connectivity index (χ1v) is 16.4. The largest absolute Gasteiger partial charge is 0.504 e. The van der Waals surface area contributed by atoms with Crippen molar-refractivity contribution in [3.63, 3.8) is 0 Å². The van der Waals surface area contributed by atoms with E-state index in [1.165, 1.54) is 18.5 Å². The molecule has 1 unspecified atom stereocenters. The van der Waals surface area contributed by atoms with E-state index in [4.69, 9.17) is 11.6 Å². The van der Waals surface area contributed by atoms with Gasteiger partial charge in [-0.1, -0.05) is 51.9 Å². The van der Waals surface area contributed by atoms with Crippen molar-refractivity contribution >= 4 is 34.8 Å². The molecular weight excluding hydrogens is 628 g/mol. The summed E-state index contributed by atoms with van der Waals surface area (Å²) in [5, 5.41) is 12.9. The summed E-state index contributed by atoms with van der Waals surface area (Å²) in [4.78, 5) is 51.2. The van der Waals surface area contributed by atoms with Gasteiger partial charge in [-0.2, -0.15) is 0 Å². The molecule has 1 amide bonds. The number of amides is 1. The van der Waals surface area contributed by atoms with E-state index in [0.717, 1.165) is 19.4 Å². The number of allylic oxidation sites excluding steroid dienone is 3. The highest BCUT2D eigenvalue weighted by Crippen LogP contribution is 2.33. The Labute approximate surface area is 282 Å². The highest BCUT2D eigenvalue weighted by atomic mass is 35.5. The van der Waals surface area contributed by atoms with E-state index in [0.29, 0.717) is 55.1 Å². The van der Waals surface area contributed by atoms with Gasteiger partial charge in [0.25, 0.3) is 5.92 Å². The second kappa shape index (κ2) is 17.9. The molecule has 0 bridgehead atoms. The van der Waals surface area contributed by atoms with Crippen LogP contribution in [0.15, 0.2) is 48.2 Å². The predicted octanol–water partition coefficient (Wildman–Crippen LogP) is 8.03. The zero-order chi connectivity index (χ0) is 35.5. The zero-order valence-electron chi connectivity index (χ0n) is 28.6. The molecule has 2 rings (SSSR count). The number of hydrogen-bond acceptors (Lipinski definition) is 8. The fraction of sp³-hybridized carbons (Fsp3) is 0.514. The van der Waals surface area contributed by atoms with Crippen LogP contribution in [0.5, 0.6) is 5.75 Å². The van der Waals surface area contributed by atoms with Gasteiger partial charge in [0, 0.05) is 49.8 Å². The summed E-state index contributed by atoms with van der Waals surface area (Å²) >= 11 is 6.22. The number of rotatable bonds is 19. The summed E-state index contributed by atoms with van der Waals surface area (Å²) in [5.41, 5.74) is 2.03.